The lowest BCUT2D eigenvalue weighted by Crippen LogP contribution is -2.50. The molecule has 1 aliphatic rings. The molecule has 1 N–H and O–H groups in total. The second-order valence-corrected chi connectivity index (χ2v) is 6.39. The normalized spacial score (nSPS) is 15.5. The number of urea groups is 1. The van der Waals surface area contributed by atoms with E-state index < -0.39 is 0 Å². The molecule has 0 saturated carbocycles. The quantitative estimate of drug-likeness (QED) is 0.928. The highest BCUT2D eigenvalue weighted by Gasteiger charge is 2.20. The van der Waals surface area contributed by atoms with Gasteiger partial charge in [0.2, 0.25) is 0 Å². The van der Waals surface area contributed by atoms with Crippen LogP contribution in [0.3, 0.4) is 0 Å². The third kappa shape index (κ3) is 4.94. The SMILES string of the molecule is Cc1ccccc1/C=C/NC(=O)N1CCN(Cc2ccccc2)CC1. The fraction of sp³-hybridized carbons (Fsp3) is 0.286. The number of carbonyl (C=O) groups is 1. The van der Waals surface area contributed by atoms with Crippen molar-refractivity contribution in [3.8, 4) is 0 Å². The zero-order valence-electron chi connectivity index (χ0n) is 14.7. The number of hydrogen-bond donors (Lipinski definition) is 1. The molecule has 0 aromatic heterocycles. The van der Waals surface area contributed by atoms with E-state index in [1.165, 1.54) is 11.1 Å². The van der Waals surface area contributed by atoms with Gasteiger partial charge in [-0.25, -0.2) is 4.79 Å². The van der Waals surface area contributed by atoms with Crippen LogP contribution in [0.4, 0.5) is 4.79 Å². The van der Waals surface area contributed by atoms with Crippen LogP contribution in [-0.4, -0.2) is 42.0 Å². The van der Waals surface area contributed by atoms with E-state index in [-0.39, 0.29) is 6.03 Å². The molecule has 25 heavy (non-hydrogen) atoms. The summed E-state index contributed by atoms with van der Waals surface area (Å²) in [4.78, 5) is 16.6. The van der Waals surface area contributed by atoms with E-state index in [0.717, 1.165) is 38.3 Å². The number of amides is 2. The van der Waals surface area contributed by atoms with E-state index in [0.29, 0.717) is 0 Å². The summed E-state index contributed by atoms with van der Waals surface area (Å²) >= 11 is 0. The summed E-state index contributed by atoms with van der Waals surface area (Å²) in [5.41, 5.74) is 3.64. The maximum atomic E-state index is 12.3. The van der Waals surface area contributed by atoms with Gasteiger partial charge in [0.15, 0.2) is 0 Å². The van der Waals surface area contributed by atoms with E-state index in [9.17, 15) is 4.79 Å². The molecular weight excluding hydrogens is 310 g/mol. The topological polar surface area (TPSA) is 35.6 Å². The van der Waals surface area contributed by atoms with Crippen LogP contribution in [0, 0.1) is 6.92 Å². The van der Waals surface area contributed by atoms with Crippen LogP contribution in [0.15, 0.2) is 60.8 Å². The lowest BCUT2D eigenvalue weighted by atomic mass is 10.1. The number of piperazine rings is 1. The van der Waals surface area contributed by atoms with Gasteiger partial charge in [0.1, 0.15) is 0 Å². The van der Waals surface area contributed by atoms with Crippen LogP contribution in [0.25, 0.3) is 6.08 Å². The van der Waals surface area contributed by atoms with Gasteiger partial charge in [-0.3, -0.25) is 4.90 Å². The molecule has 0 aliphatic carbocycles. The van der Waals surface area contributed by atoms with E-state index in [2.05, 4.69) is 47.5 Å². The van der Waals surface area contributed by atoms with Crippen molar-refractivity contribution in [3.63, 3.8) is 0 Å². The molecular formula is C21H25N3O. The van der Waals surface area contributed by atoms with Crippen LogP contribution in [0.1, 0.15) is 16.7 Å². The molecule has 4 heteroatoms. The molecule has 0 spiro atoms. The summed E-state index contributed by atoms with van der Waals surface area (Å²) in [5.74, 6) is 0. The minimum Gasteiger partial charge on any atom is -0.322 e. The van der Waals surface area contributed by atoms with Crippen LogP contribution >= 0.6 is 0 Å². The van der Waals surface area contributed by atoms with Crippen molar-refractivity contribution in [2.45, 2.75) is 13.5 Å². The zero-order chi connectivity index (χ0) is 17.5. The number of hydrogen-bond acceptors (Lipinski definition) is 2. The highest BCUT2D eigenvalue weighted by molar-refractivity contribution is 5.76. The van der Waals surface area contributed by atoms with Gasteiger partial charge in [-0.1, -0.05) is 54.6 Å². The Kier molecular flexibility index (Phi) is 5.86. The van der Waals surface area contributed by atoms with Crippen molar-refractivity contribution in [2.24, 2.45) is 0 Å². The predicted molar refractivity (Wildman–Crippen MR) is 102 cm³/mol. The molecule has 0 radical (unpaired) electrons. The highest BCUT2D eigenvalue weighted by Crippen LogP contribution is 2.10. The summed E-state index contributed by atoms with van der Waals surface area (Å²) in [6.07, 6.45) is 3.68. The monoisotopic (exact) mass is 335 g/mol. The second kappa shape index (κ2) is 8.49. The standard InChI is InChI=1S/C21H25N3O/c1-18-7-5-6-10-20(18)11-12-22-21(25)24-15-13-23(14-16-24)17-19-8-3-2-4-9-19/h2-12H,13-17H2,1H3,(H,22,25)/b12-11+. The van der Waals surface area contributed by atoms with Crippen molar-refractivity contribution in [3.05, 3.63) is 77.5 Å². The number of nitrogens with one attached hydrogen (secondary N) is 1. The van der Waals surface area contributed by atoms with Crippen LogP contribution < -0.4 is 5.32 Å². The van der Waals surface area contributed by atoms with Gasteiger partial charge in [-0.15, -0.1) is 0 Å². The van der Waals surface area contributed by atoms with E-state index >= 15 is 0 Å². The molecule has 2 aromatic rings. The van der Waals surface area contributed by atoms with Crippen molar-refractivity contribution in [2.75, 3.05) is 26.2 Å². The molecule has 0 atom stereocenters. The largest absolute Gasteiger partial charge is 0.322 e. The molecule has 3 rings (SSSR count). The lowest BCUT2D eigenvalue weighted by molar-refractivity contribution is 0.137. The fourth-order valence-corrected chi connectivity index (χ4v) is 3.02. The first-order chi connectivity index (χ1) is 12.2. The van der Waals surface area contributed by atoms with Gasteiger partial charge in [0, 0.05) is 38.9 Å². The number of rotatable bonds is 4. The van der Waals surface area contributed by atoms with Crippen molar-refractivity contribution < 1.29 is 4.79 Å². The number of nitrogens with zero attached hydrogens (tertiary/aromatic N) is 2. The Labute approximate surface area is 149 Å². The van der Waals surface area contributed by atoms with E-state index in [1.54, 1.807) is 6.20 Å². The van der Waals surface area contributed by atoms with E-state index in [1.807, 2.05) is 35.2 Å². The zero-order valence-corrected chi connectivity index (χ0v) is 14.7. The molecule has 1 aliphatic heterocycles. The minimum atomic E-state index is -0.0239. The van der Waals surface area contributed by atoms with Crippen LogP contribution in [-0.2, 0) is 6.54 Å². The Hall–Kier alpha value is -2.59. The van der Waals surface area contributed by atoms with Gasteiger partial charge < -0.3 is 10.2 Å². The van der Waals surface area contributed by atoms with E-state index in [4.69, 9.17) is 0 Å². The Morgan fingerprint density at radius 2 is 1.68 bits per heavy atom. The maximum absolute atomic E-state index is 12.3. The van der Waals surface area contributed by atoms with Gasteiger partial charge in [-0.05, 0) is 29.7 Å². The summed E-state index contributed by atoms with van der Waals surface area (Å²) < 4.78 is 0. The Morgan fingerprint density at radius 3 is 2.40 bits per heavy atom. The fourth-order valence-electron chi connectivity index (χ4n) is 3.02. The first kappa shape index (κ1) is 17.2. The first-order valence-corrected chi connectivity index (χ1v) is 8.76. The molecule has 2 aromatic carbocycles. The molecule has 1 saturated heterocycles. The third-order valence-corrected chi connectivity index (χ3v) is 4.57. The Bertz CT molecular complexity index is 719. The van der Waals surface area contributed by atoms with Crippen molar-refractivity contribution >= 4 is 12.1 Å². The minimum absolute atomic E-state index is 0.0239. The number of aryl methyl sites for hydroxylation is 1. The van der Waals surface area contributed by atoms with Gasteiger partial charge in [0.25, 0.3) is 0 Å². The van der Waals surface area contributed by atoms with Crippen LogP contribution in [0.2, 0.25) is 0 Å². The Morgan fingerprint density at radius 1 is 1.00 bits per heavy atom. The Balaban J connectivity index is 1.44. The smallest absolute Gasteiger partial charge is 0.321 e. The summed E-state index contributed by atoms with van der Waals surface area (Å²) in [5, 5.41) is 2.88. The summed E-state index contributed by atoms with van der Waals surface area (Å²) in [7, 11) is 0. The molecule has 0 unspecified atom stereocenters. The summed E-state index contributed by atoms with van der Waals surface area (Å²) in [6.45, 7) is 6.35. The third-order valence-electron chi connectivity index (χ3n) is 4.57. The lowest BCUT2D eigenvalue weighted by Gasteiger charge is -2.34. The van der Waals surface area contributed by atoms with Crippen molar-refractivity contribution in [1.29, 1.82) is 0 Å². The second-order valence-electron chi connectivity index (χ2n) is 6.39. The molecule has 1 heterocycles. The molecule has 2 amide bonds. The van der Waals surface area contributed by atoms with Crippen molar-refractivity contribution in [1.82, 2.24) is 15.1 Å². The number of carbonyl (C=O) groups excluding carboxylic acids is 1. The predicted octanol–water partition coefficient (Wildman–Crippen LogP) is 3.49. The average molecular weight is 335 g/mol. The summed E-state index contributed by atoms with van der Waals surface area (Å²) in [6, 6.07) is 18.6. The molecule has 130 valence electrons. The number of benzene rings is 2. The molecule has 1 fully saturated rings. The van der Waals surface area contributed by atoms with Crippen LogP contribution in [0.5, 0.6) is 0 Å². The van der Waals surface area contributed by atoms with Gasteiger partial charge in [0.05, 0.1) is 0 Å². The average Bonchev–Trinajstić information content (AvgIpc) is 2.65. The first-order valence-electron chi connectivity index (χ1n) is 8.76. The highest BCUT2D eigenvalue weighted by atomic mass is 16.2. The van der Waals surface area contributed by atoms with Gasteiger partial charge >= 0.3 is 6.03 Å². The molecule has 0 bridgehead atoms. The van der Waals surface area contributed by atoms with Gasteiger partial charge in [-0.2, -0.15) is 0 Å². The maximum Gasteiger partial charge on any atom is 0.321 e. The molecule has 4 nitrogen and oxygen atoms in total.